The lowest BCUT2D eigenvalue weighted by molar-refractivity contribution is 0.0699. The lowest BCUT2D eigenvalue weighted by Gasteiger charge is -2.09. The molecule has 0 aliphatic heterocycles. The van der Waals surface area contributed by atoms with E-state index in [1.54, 1.807) is 6.20 Å². The number of hydrogen-bond donors (Lipinski definition) is 1. The van der Waals surface area contributed by atoms with Gasteiger partial charge in [-0.25, -0.2) is 4.79 Å². The van der Waals surface area contributed by atoms with Crippen LogP contribution in [0.2, 0.25) is 5.02 Å². The summed E-state index contributed by atoms with van der Waals surface area (Å²) in [7, 11) is 0. The van der Waals surface area contributed by atoms with E-state index in [0.717, 1.165) is 33.7 Å². The van der Waals surface area contributed by atoms with Crippen LogP contribution in [0.3, 0.4) is 0 Å². The number of nitrogens with zero attached hydrogens (tertiary/aromatic N) is 1. The van der Waals surface area contributed by atoms with Gasteiger partial charge in [0.05, 0.1) is 12.2 Å². The number of carboxylic acids is 1. The zero-order valence-electron chi connectivity index (χ0n) is 13.3. The molecule has 3 rings (SSSR count). The zero-order valence-corrected chi connectivity index (χ0v) is 14.1. The molecule has 124 valence electrons. The van der Waals surface area contributed by atoms with Crippen LogP contribution in [0.25, 0.3) is 10.9 Å². The molecule has 0 fully saturated rings. The van der Waals surface area contributed by atoms with Gasteiger partial charge in [-0.05, 0) is 43.2 Å². The molecule has 0 spiro atoms. The molecule has 0 atom stereocenters. The number of aryl methyl sites for hydroxylation is 2. The van der Waals surface area contributed by atoms with Crippen LogP contribution >= 0.6 is 11.6 Å². The van der Waals surface area contributed by atoms with Crippen molar-refractivity contribution in [2.45, 2.75) is 19.9 Å². The lowest BCUT2D eigenvalue weighted by atomic mass is 10.2. The van der Waals surface area contributed by atoms with E-state index in [-0.39, 0.29) is 0 Å². The number of benzene rings is 2. The Morgan fingerprint density at radius 3 is 2.79 bits per heavy atom. The second-order valence-corrected chi connectivity index (χ2v) is 6.08. The van der Waals surface area contributed by atoms with Gasteiger partial charge < -0.3 is 14.4 Å². The van der Waals surface area contributed by atoms with E-state index in [1.807, 2.05) is 54.0 Å². The normalized spacial score (nSPS) is 10.9. The Kier molecular flexibility index (Phi) is 4.76. The van der Waals surface area contributed by atoms with Gasteiger partial charge in [0.25, 0.3) is 0 Å². The third kappa shape index (κ3) is 3.39. The number of aromatic nitrogens is 1. The summed E-state index contributed by atoms with van der Waals surface area (Å²) in [5.74, 6) is -0.113. The van der Waals surface area contributed by atoms with Gasteiger partial charge >= 0.3 is 5.97 Å². The fraction of sp³-hybridized carbons (Fsp3) is 0.211. The molecule has 3 aromatic rings. The van der Waals surface area contributed by atoms with Crippen molar-refractivity contribution >= 4 is 28.5 Å². The van der Waals surface area contributed by atoms with Crippen molar-refractivity contribution in [1.29, 1.82) is 0 Å². The van der Waals surface area contributed by atoms with Crippen LogP contribution < -0.4 is 4.74 Å². The van der Waals surface area contributed by atoms with E-state index in [1.165, 1.54) is 0 Å². The van der Waals surface area contributed by atoms with Crippen LogP contribution in [0.1, 0.15) is 22.3 Å². The zero-order chi connectivity index (χ0) is 17.1. The van der Waals surface area contributed by atoms with Crippen LogP contribution in [0, 0.1) is 6.92 Å². The first-order valence-electron chi connectivity index (χ1n) is 7.76. The van der Waals surface area contributed by atoms with Crippen molar-refractivity contribution in [3.63, 3.8) is 0 Å². The third-order valence-corrected chi connectivity index (χ3v) is 4.38. The van der Waals surface area contributed by atoms with Gasteiger partial charge in [-0.1, -0.05) is 29.8 Å². The SMILES string of the molecule is Cc1cc(OCCCn2cc(C(=O)O)c3ccccc32)ccc1Cl. The Balaban J connectivity index is 1.65. The smallest absolute Gasteiger partial charge is 0.337 e. The number of fused-ring (bicyclic) bond motifs is 1. The second kappa shape index (κ2) is 6.97. The van der Waals surface area contributed by atoms with Crippen LogP contribution in [-0.2, 0) is 6.54 Å². The fourth-order valence-corrected chi connectivity index (χ4v) is 2.85. The van der Waals surface area contributed by atoms with Gasteiger partial charge in [-0.15, -0.1) is 0 Å². The number of para-hydroxylation sites is 1. The highest BCUT2D eigenvalue weighted by molar-refractivity contribution is 6.31. The molecule has 0 amide bonds. The van der Waals surface area contributed by atoms with Crippen LogP contribution in [0.5, 0.6) is 5.75 Å². The molecule has 2 aromatic carbocycles. The average molecular weight is 344 g/mol. The van der Waals surface area contributed by atoms with Crippen molar-refractivity contribution in [2.75, 3.05) is 6.61 Å². The van der Waals surface area contributed by atoms with Crippen molar-refractivity contribution in [2.24, 2.45) is 0 Å². The molecule has 0 unspecified atom stereocenters. The minimum atomic E-state index is -0.905. The minimum absolute atomic E-state index is 0.333. The molecule has 1 heterocycles. The molecule has 24 heavy (non-hydrogen) atoms. The molecule has 4 nitrogen and oxygen atoms in total. The Morgan fingerprint density at radius 2 is 2.04 bits per heavy atom. The maximum Gasteiger partial charge on any atom is 0.337 e. The summed E-state index contributed by atoms with van der Waals surface area (Å²) < 4.78 is 7.71. The summed E-state index contributed by atoms with van der Waals surface area (Å²) >= 11 is 6.00. The summed E-state index contributed by atoms with van der Waals surface area (Å²) in [5.41, 5.74) is 2.24. The minimum Gasteiger partial charge on any atom is -0.494 e. The molecule has 0 bridgehead atoms. The number of aromatic carboxylic acids is 1. The number of hydrogen-bond acceptors (Lipinski definition) is 2. The number of ether oxygens (including phenoxy) is 1. The topological polar surface area (TPSA) is 51.5 Å². The summed E-state index contributed by atoms with van der Waals surface area (Å²) in [6.07, 6.45) is 2.47. The first-order chi connectivity index (χ1) is 11.6. The molecule has 0 aliphatic carbocycles. The number of rotatable bonds is 6. The Morgan fingerprint density at radius 1 is 1.25 bits per heavy atom. The molecule has 5 heteroatoms. The highest BCUT2D eigenvalue weighted by Gasteiger charge is 2.13. The van der Waals surface area contributed by atoms with Crippen LogP contribution in [0.4, 0.5) is 0 Å². The van der Waals surface area contributed by atoms with Gasteiger partial charge in [0, 0.05) is 28.7 Å². The Hall–Kier alpha value is -2.46. The Bertz CT molecular complexity index is 885. The van der Waals surface area contributed by atoms with E-state index >= 15 is 0 Å². The van der Waals surface area contributed by atoms with Crippen LogP contribution in [-0.4, -0.2) is 22.2 Å². The fourth-order valence-electron chi connectivity index (χ4n) is 2.73. The molecule has 1 aromatic heterocycles. The first kappa shape index (κ1) is 16.4. The van der Waals surface area contributed by atoms with Crippen molar-refractivity contribution in [3.8, 4) is 5.75 Å². The van der Waals surface area contributed by atoms with Gasteiger partial charge in [0.2, 0.25) is 0 Å². The van der Waals surface area contributed by atoms with Gasteiger partial charge in [-0.3, -0.25) is 0 Å². The van der Waals surface area contributed by atoms with Crippen molar-refractivity contribution in [3.05, 3.63) is 64.8 Å². The average Bonchev–Trinajstić information content (AvgIpc) is 2.94. The number of carboxylic acid groups (broad SMARTS) is 1. The maximum atomic E-state index is 11.4. The Labute approximate surface area is 145 Å². The standard InChI is InChI=1S/C19H18ClNO3/c1-13-11-14(7-8-17(13)20)24-10-4-9-21-12-16(19(22)23)15-5-2-3-6-18(15)21/h2-3,5-8,11-12H,4,9-10H2,1H3,(H,22,23). The number of carbonyl (C=O) groups is 1. The second-order valence-electron chi connectivity index (χ2n) is 5.67. The van der Waals surface area contributed by atoms with E-state index in [0.29, 0.717) is 18.7 Å². The van der Waals surface area contributed by atoms with Crippen molar-refractivity contribution < 1.29 is 14.6 Å². The quantitative estimate of drug-likeness (QED) is 0.656. The van der Waals surface area contributed by atoms with Crippen molar-refractivity contribution in [1.82, 2.24) is 4.57 Å². The highest BCUT2D eigenvalue weighted by atomic mass is 35.5. The van der Waals surface area contributed by atoms with E-state index in [2.05, 4.69) is 0 Å². The largest absolute Gasteiger partial charge is 0.494 e. The first-order valence-corrected chi connectivity index (χ1v) is 8.14. The maximum absolute atomic E-state index is 11.4. The number of halogens is 1. The van der Waals surface area contributed by atoms with Gasteiger partial charge in [0.15, 0.2) is 0 Å². The summed E-state index contributed by atoms with van der Waals surface area (Å²) in [6.45, 7) is 3.19. The predicted molar refractivity (Wildman–Crippen MR) is 95.2 cm³/mol. The highest BCUT2D eigenvalue weighted by Crippen LogP contribution is 2.23. The molecule has 0 saturated heterocycles. The third-order valence-electron chi connectivity index (χ3n) is 3.96. The van der Waals surface area contributed by atoms with E-state index < -0.39 is 5.97 Å². The van der Waals surface area contributed by atoms with Gasteiger partial charge in [0.1, 0.15) is 5.75 Å². The molecule has 0 aliphatic rings. The molecule has 1 N–H and O–H groups in total. The predicted octanol–water partition coefficient (Wildman–Crippen LogP) is 4.77. The van der Waals surface area contributed by atoms with Gasteiger partial charge in [-0.2, -0.15) is 0 Å². The summed E-state index contributed by atoms with van der Waals surface area (Å²) in [4.78, 5) is 11.4. The molecule has 0 radical (unpaired) electrons. The molecular formula is C19H18ClNO3. The molecule has 0 saturated carbocycles. The summed E-state index contributed by atoms with van der Waals surface area (Å²) in [5, 5.41) is 10.8. The molecular weight excluding hydrogens is 326 g/mol. The summed E-state index contributed by atoms with van der Waals surface area (Å²) in [6, 6.07) is 13.1. The van der Waals surface area contributed by atoms with E-state index in [9.17, 15) is 9.90 Å². The monoisotopic (exact) mass is 343 g/mol. The lowest BCUT2D eigenvalue weighted by Crippen LogP contribution is -2.04. The van der Waals surface area contributed by atoms with Crippen LogP contribution in [0.15, 0.2) is 48.7 Å². The van der Waals surface area contributed by atoms with E-state index in [4.69, 9.17) is 16.3 Å².